The minimum Gasteiger partial charge on any atom is -0.480 e. The first-order chi connectivity index (χ1) is 7.28. The number of hydrogen-bond donors (Lipinski definition) is 2. The number of aromatic nitrogens is 3. The van der Waals surface area contributed by atoms with Crippen molar-refractivity contribution >= 4 is 22.8 Å². The van der Waals surface area contributed by atoms with Crippen LogP contribution in [0.3, 0.4) is 0 Å². The van der Waals surface area contributed by atoms with Gasteiger partial charge in [0.1, 0.15) is 5.65 Å². The fourth-order valence-electron chi connectivity index (χ4n) is 1.35. The van der Waals surface area contributed by atoms with E-state index in [1.54, 1.807) is 13.2 Å². The molecule has 6 heteroatoms. The number of nitrogens with one attached hydrogen (secondary N) is 1. The smallest absolute Gasteiger partial charge is 0.226 e. The van der Waals surface area contributed by atoms with Crippen LogP contribution in [0.15, 0.2) is 11.2 Å². The normalized spacial score (nSPS) is 10.9. The van der Waals surface area contributed by atoms with Gasteiger partial charge >= 0.3 is 0 Å². The predicted octanol–water partition coefficient (Wildman–Crippen LogP) is 1.18. The van der Waals surface area contributed by atoms with Crippen molar-refractivity contribution in [1.29, 1.82) is 0 Å². The van der Waals surface area contributed by atoms with Crippen molar-refractivity contribution in [2.75, 3.05) is 13.4 Å². The van der Waals surface area contributed by atoms with Crippen molar-refractivity contribution in [2.24, 2.45) is 0 Å². The summed E-state index contributed by atoms with van der Waals surface area (Å²) in [6.07, 6.45) is 1.90. The molecule has 80 valence electrons. The van der Waals surface area contributed by atoms with E-state index in [9.17, 15) is 0 Å². The highest BCUT2D eigenvalue weighted by atomic mass is 32.2. The molecule has 5 nitrogen and oxygen atoms in total. The number of aliphatic hydroxyl groups excluding tert-OH is 1. The highest BCUT2D eigenvalue weighted by Crippen LogP contribution is 2.25. The van der Waals surface area contributed by atoms with Crippen molar-refractivity contribution in [3.05, 3.63) is 11.8 Å². The van der Waals surface area contributed by atoms with Gasteiger partial charge in [0.15, 0.2) is 5.16 Å². The van der Waals surface area contributed by atoms with Crippen molar-refractivity contribution in [3.8, 4) is 5.88 Å². The lowest BCUT2D eigenvalue weighted by Crippen LogP contribution is -1.93. The van der Waals surface area contributed by atoms with Gasteiger partial charge < -0.3 is 14.8 Å². The second-order valence-corrected chi connectivity index (χ2v) is 3.71. The maximum absolute atomic E-state index is 9.00. The molecule has 0 atom stereocenters. The minimum absolute atomic E-state index is 0.0475. The zero-order chi connectivity index (χ0) is 10.8. The first-order valence-electron chi connectivity index (χ1n) is 4.37. The number of aliphatic hydroxyl groups is 1. The number of thioether (sulfide) groups is 1. The number of fused-ring (bicyclic) bond motifs is 1. The monoisotopic (exact) mass is 225 g/mol. The number of ether oxygens (including phenoxy) is 1. The van der Waals surface area contributed by atoms with Crippen LogP contribution in [-0.4, -0.2) is 33.4 Å². The summed E-state index contributed by atoms with van der Waals surface area (Å²) in [7, 11) is 1.57. The first kappa shape index (κ1) is 10.3. The van der Waals surface area contributed by atoms with Crippen LogP contribution in [-0.2, 0) is 6.61 Å². The molecule has 0 amide bonds. The van der Waals surface area contributed by atoms with E-state index in [4.69, 9.17) is 9.84 Å². The van der Waals surface area contributed by atoms with E-state index in [-0.39, 0.29) is 6.61 Å². The zero-order valence-electron chi connectivity index (χ0n) is 8.44. The first-order valence-corrected chi connectivity index (χ1v) is 5.59. The van der Waals surface area contributed by atoms with Gasteiger partial charge in [0.05, 0.1) is 19.1 Å². The number of aromatic amines is 1. The summed E-state index contributed by atoms with van der Waals surface area (Å²) < 4.78 is 5.16. The van der Waals surface area contributed by atoms with Gasteiger partial charge in [-0.2, -0.15) is 4.98 Å². The molecule has 0 saturated heterocycles. The van der Waals surface area contributed by atoms with Gasteiger partial charge in [0.25, 0.3) is 0 Å². The molecule has 2 aromatic rings. The Labute approximate surface area is 90.9 Å². The zero-order valence-corrected chi connectivity index (χ0v) is 9.26. The molecule has 0 aliphatic rings. The maximum atomic E-state index is 9.00. The summed E-state index contributed by atoms with van der Waals surface area (Å²) in [5.74, 6) is 0.528. The lowest BCUT2D eigenvalue weighted by Gasteiger charge is -2.01. The predicted molar refractivity (Wildman–Crippen MR) is 58.1 cm³/mol. The number of rotatable bonds is 3. The van der Waals surface area contributed by atoms with Crippen LogP contribution in [0.1, 0.15) is 5.69 Å². The largest absolute Gasteiger partial charge is 0.480 e. The molecule has 0 aliphatic heterocycles. The summed E-state index contributed by atoms with van der Waals surface area (Å²) in [5.41, 5.74) is 1.39. The maximum Gasteiger partial charge on any atom is 0.226 e. The third kappa shape index (κ3) is 1.78. The highest BCUT2D eigenvalue weighted by Gasteiger charge is 2.10. The molecule has 0 aromatic carbocycles. The van der Waals surface area contributed by atoms with Crippen molar-refractivity contribution in [2.45, 2.75) is 11.8 Å². The summed E-state index contributed by atoms with van der Waals surface area (Å²) >= 11 is 1.45. The van der Waals surface area contributed by atoms with Gasteiger partial charge in [-0.25, -0.2) is 4.98 Å². The van der Waals surface area contributed by atoms with Crippen molar-refractivity contribution < 1.29 is 9.84 Å². The molecule has 0 aliphatic carbocycles. The lowest BCUT2D eigenvalue weighted by atomic mass is 10.3. The number of H-pyrrole nitrogens is 1. The van der Waals surface area contributed by atoms with Gasteiger partial charge in [0, 0.05) is 5.69 Å². The molecular formula is C9H11N3O2S. The third-order valence-corrected chi connectivity index (χ3v) is 2.58. The molecule has 15 heavy (non-hydrogen) atoms. The van der Waals surface area contributed by atoms with E-state index >= 15 is 0 Å². The van der Waals surface area contributed by atoms with Crippen molar-refractivity contribution in [1.82, 2.24) is 15.0 Å². The highest BCUT2D eigenvalue weighted by molar-refractivity contribution is 7.98. The van der Waals surface area contributed by atoms with Gasteiger partial charge in [-0.3, -0.25) is 0 Å². The Bertz CT molecular complexity index is 483. The average Bonchev–Trinajstić information content (AvgIpc) is 2.70. The topological polar surface area (TPSA) is 71.0 Å². The molecule has 2 aromatic heterocycles. The Morgan fingerprint density at radius 3 is 2.93 bits per heavy atom. The van der Waals surface area contributed by atoms with Crippen LogP contribution in [0, 0.1) is 0 Å². The number of methoxy groups -OCH3 is 1. The molecule has 0 spiro atoms. The molecular weight excluding hydrogens is 214 g/mol. The molecule has 0 radical (unpaired) electrons. The van der Waals surface area contributed by atoms with Crippen LogP contribution in [0.4, 0.5) is 0 Å². The summed E-state index contributed by atoms with van der Waals surface area (Å²) in [6, 6.07) is 1.79. The van der Waals surface area contributed by atoms with Crippen LogP contribution < -0.4 is 4.74 Å². The van der Waals surface area contributed by atoms with E-state index in [1.165, 1.54) is 11.8 Å². The van der Waals surface area contributed by atoms with E-state index in [1.807, 2.05) is 6.26 Å². The fraction of sp³-hybridized carbons (Fsp3) is 0.333. The fourth-order valence-corrected chi connectivity index (χ4v) is 1.71. The van der Waals surface area contributed by atoms with Crippen molar-refractivity contribution in [3.63, 3.8) is 0 Å². The molecule has 0 saturated carbocycles. The van der Waals surface area contributed by atoms with Crippen LogP contribution in [0.2, 0.25) is 0 Å². The Kier molecular flexibility index (Phi) is 2.79. The molecule has 2 heterocycles. The number of nitrogens with zero attached hydrogens (tertiary/aromatic N) is 2. The summed E-state index contributed by atoms with van der Waals surface area (Å²) in [6.45, 7) is -0.0475. The second kappa shape index (κ2) is 4.08. The quantitative estimate of drug-likeness (QED) is 0.606. The van der Waals surface area contributed by atoms with Gasteiger partial charge in [-0.15, -0.1) is 0 Å². The number of hydrogen-bond acceptors (Lipinski definition) is 5. The minimum atomic E-state index is -0.0475. The molecule has 0 bridgehead atoms. The summed E-state index contributed by atoms with van der Waals surface area (Å²) in [4.78, 5) is 11.5. The van der Waals surface area contributed by atoms with Gasteiger partial charge in [-0.05, 0) is 12.3 Å². The molecule has 0 unspecified atom stereocenters. The van der Waals surface area contributed by atoms with Crippen LogP contribution in [0.5, 0.6) is 5.88 Å². The van der Waals surface area contributed by atoms with E-state index in [0.29, 0.717) is 22.4 Å². The van der Waals surface area contributed by atoms with Crippen LogP contribution >= 0.6 is 11.8 Å². The Morgan fingerprint density at radius 2 is 2.33 bits per heavy atom. The SMILES string of the molecule is COc1nc(SC)nc2[nH]c(CO)cc12. The van der Waals surface area contributed by atoms with Gasteiger partial charge in [-0.1, -0.05) is 11.8 Å². The Morgan fingerprint density at radius 1 is 1.53 bits per heavy atom. The third-order valence-electron chi connectivity index (χ3n) is 2.03. The van der Waals surface area contributed by atoms with E-state index in [2.05, 4.69) is 15.0 Å². The summed E-state index contributed by atoms with van der Waals surface area (Å²) in [5, 5.41) is 10.4. The molecule has 2 N–H and O–H groups in total. The second-order valence-electron chi connectivity index (χ2n) is 2.93. The average molecular weight is 225 g/mol. The standard InChI is InChI=1S/C9H11N3O2S/c1-14-8-6-3-5(4-13)10-7(6)11-9(12-8)15-2/h3,13H,4H2,1-2H3,(H,10,11,12). The van der Waals surface area contributed by atoms with Crippen LogP contribution in [0.25, 0.3) is 11.0 Å². The lowest BCUT2D eigenvalue weighted by molar-refractivity contribution is 0.278. The molecule has 0 fully saturated rings. The van der Waals surface area contributed by atoms with Gasteiger partial charge in [0.2, 0.25) is 5.88 Å². The Balaban J connectivity index is 2.66. The molecule has 2 rings (SSSR count). The van der Waals surface area contributed by atoms with E-state index < -0.39 is 0 Å². The Hall–Kier alpha value is -1.27. The van der Waals surface area contributed by atoms with E-state index in [0.717, 1.165) is 5.39 Å².